The Morgan fingerprint density at radius 1 is 1.62 bits per heavy atom. The number of rotatable bonds is 3. The fourth-order valence-electron chi connectivity index (χ4n) is 0.991. The first-order valence-electron chi connectivity index (χ1n) is 3.89. The maximum Gasteiger partial charge on any atom is 0.183 e. The van der Waals surface area contributed by atoms with Crippen molar-refractivity contribution >= 4 is 11.7 Å². The molecule has 0 unspecified atom stereocenters. The minimum atomic E-state index is -1.21. The predicted octanol–water partition coefficient (Wildman–Crippen LogP) is -0.921. The van der Waals surface area contributed by atoms with Gasteiger partial charge in [-0.25, -0.2) is 4.39 Å². The van der Waals surface area contributed by atoms with Crippen molar-refractivity contribution in [3.63, 3.8) is 0 Å². The van der Waals surface area contributed by atoms with E-state index >= 15 is 0 Å². The van der Waals surface area contributed by atoms with E-state index in [-0.39, 0.29) is 6.54 Å². The van der Waals surface area contributed by atoms with Gasteiger partial charge in [0.15, 0.2) is 11.5 Å². The molecule has 0 amide bonds. The number of hydrogen-bond acceptors (Lipinski definition) is 2. The normalized spacial score (nSPS) is 10.0. The molecule has 0 heterocycles. The maximum atomic E-state index is 13.1. The van der Waals surface area contributed by atoms with Crippen LogP contribution < -0.4 is 10.4 Å². The van der Waals surface area contributed by atoms with Crippen LogP contribution in [0.25, 0.3) is 0 Å². The topological polar surface area (TPSA) is 56.7 Å². The lowest BCUT2D eigenvalue weighted by molar-refractivity contribution is -0.571. The zero-order valence-electron chi connectivity index (χ0n) is 7.21. The number of aryl methyl sites for hydroxylation is 1. The van der Waals surface area contributed by atoms with Crippen LogP contribution in [0.5, 0.6) is 0 Å². The molecule has 0 fully saturated rings. The molecule has 0 aliphatic heterocycles. The Balaban J connectivity index is 2.72. The average Bonchev–Trinajstić information content (AvgIpc) is 2.02. The molecular weight excluding hydrogens is 173 g/mol. The van der Waals surface area contributed by atoms with Crippen molar-refractivity contribution in [3.8, 4) is 0 Å². The molecule has 70 valence electrons. The van der Waals surface area contributed by atoms with Crippen LogP contribution in [0.2, 0.25) is 0 Å². The van der Waals surface area contributed by atoms with E-state index in [1.54, 1.807) is 19.1 Å². The number of quaternary nitrogens is 1. The molecule has 0 aromatic heterocycles. The van der Waals surface area contributed by atoms with Crippen molar-refractivity contribution in [2.75, 3.05) is 6.54 Å². The molecule has 13 heavy (non-hydrogen) atoms. The summed E-state index contributed by atoms with van der Waals surface area (Å²) in [5, 5.41) is 11.4. The van der Waals surface area contributed by atoms with Crippen LogP contribution in [0, 0.1) is 12.7 Å². The summed E-state index contributed by atoms with van der Waals surface area (Å²) in [6.45, 7) is 1.51. The molecule has 1 aromatic carbocycles. The second kappa shape index (κ2) is 4.00. The van der Waals surface area contributed by atoms with Gasteiger partial charge < -0.3 is 15.2 Å². The SMILES string of the molecule is Cc1ccc([NH2+]CC(=O)[O-])c(F)c1. The molecule has 0 radical (unpaired) electrons. The van der Waals surface area contributed by atoms with Crippen LogP contribution in [-0.2, 0) is 4.79 Å². The Bertz CT molecular complexity index is 325. The third-order valence-corrected chi connectivity index (χ3v) is 1.64. The highest BCUT2D eigenvalue weighted by molar-refractivity contribution is 5.65. The lowest BCUT2D eigenvalue weighted by Gasteiger charge is -2.02. The minimum Gasteiger partial charge on any atom is -0.544 e. The van der Waals surface area contributed by atoms with Gasteiger partial charge in [-0.1, -0.05) is 6.07 Å². The summed E-state index contributed by atoms with van der Waals surface area (Å²) < 4.78 is 13.1. The van der Waals surface area contributed by atoms with Gasteiger partial charge in [0.05, 0.1) is 5.97 Å². The standard InChI is InChI=1S/C9H10FNO2/c1-6-2-3-8(7(10)4-6)11-5-9(12)13/h2-4,11H,5H2,1H3,(H,12,13). The highest BCUT2D eigenvalue weighted by Crippen LogP contribution is 2.09. The average molecular weight is 183 g/mol. The zero-order valence-corrected chi connectivity index (χ0v) is 7.21. The van der Waals surface area contributed by atoms with E-state index in [4.69, 9.17) is 0 Å². The van der Waals surface area contributed by atoms with Crippen LogP contribution in [0.4, 0.5) is 10.1 Å². The van der Waals surface area contributed by atoms with Crippen molar-refractivity contribution in [3.05, 3.63) is 29.6 Å². The highest BCUT2D eigenvalue weighted by Gasteiger charge is 2.04. The summed E-state index contributed by atoms with van der Waals surface area (Å²) >= 11 is 0. The fraction of sp³-hybridized carbons (Fsp3) is 0.222. The van der Waals surface area contributed by atoms with Crippen molar-refractivity contribution in [2.45, 2.75) is 6.92 Å². The third-order valence-electron chi connectivity index (χ3n) is 1.64. The van der Waals surface area contributed by atoms with E-state index < -0.39 is 11.8 Å². The molecule has 0 spiro atoms. The van der Waals surface area contributed by atoms with Crippen molar-refractivity contribution in [2.24, 2.45) is 0 Å². The van der Waals surface area contributed by atoms with Gasteiger partial charge in [-0.05, 0) is 18.6 Å². The van der Waals surface area contributed by atoms with Gasteiger partial charge in [-0.2, -0.15) is 0 Å². The Kier molecular flexibility index (Phi) is 2.97. The molecule has 0 saturated heterocycles. The van der Waals surface area contributed by atoms with E-state index in [1.165, 1.54) is 11.4 Å². The van der Waals surface area contributed by atoms with E-state index in [1.807, 2.05) is 0 Å². The largest absolute Gasteiger partial charge is 0.544 e. The molecule has 0 aliphatic rings. The Hall–Kier alpha value is -1.42. The van der Waals surface area contributed by atoms with Crippen LogP contribution in [0.3, 0.4) is 0 Å². The lowest BCUT2D eigenvalue weighted by atomic mass is 10.2. The number of halogens is 1. The molecule has 0 atom stereocenters. The fourth-order valence-corrected chi connectivity index (χ4v) is 0.991. The summed E-state index contributed by atoms with van der Waals surface area (Å²) in [6, 6.07) is 4.64. The number of benzene rings is 1. The van der Waals surface area contributed by atoms with Crippen LogP contribution in [0.15, 0.2) is 18.2 Å². The van der Waals surface area contributed by atoms with Crippen molar-refractivity contribution in [1.82, 2.24) is 0 Å². The number of carboxylic acid groups (broad SMARTS) is 1. The van der Waals surface area contributed by atoms with E-state index in [0.717, 1.165) is 5.56 Å². The summed E-state index contributed by atoms with van der Waals surface area (Å²) in [6.07, 6.45) is 0. The van der Waals surface area contributed by atoms with Gasteiger partial charge in [0.1, 0.15) is 6.54 Å². The second-order valence-electron chi connectivity index (χ2n) is 2.81. The first-order chi connectivity index (χ1) is 6.09. The van der Waals surface area contributed by atoms with Crippen LogP contribution in [-0.4, -0.2) is 12.5 Å². The number of carbonyl (C=O) groups is 1. The first-order valence-corrected chi connectivity index (χ1v) is 3.89. The Labute approximate surface area is 75.2 Å². The molecule has 4 heteroatoms. The summed E-state index contributed by atoms with van der Waals surface area (Å²) in [4.78, 5) is 10.1. The smallest absolute Gasteiger partial charge is 0.183 e. The maximum absolute atomic E-state index is 13.1. The summed E-state index contributed by atoms with van der Waals surface area (Å²) in [7, 11) is 0. The molecule has 1 rings (SSSR count). The number of carbonyl (C=O) groups excluding carboxylic acids is 1. The first kappa shape index (κ1) is 9.67. The van der Waals surface area contributed by atoms with Crippen LogP contribution >= 0.6 is 0 Å². The second-order valence-corrected chi connectivity index (χ2v) is 2.81. The Morgan fingerprint density at radius 2 is 2.31 bits per heavy atom. The highest BCUT2D eigenvalue weighted by atomic mass is 19.1. The van der Waals surface area contributed by atoms with Crippen molar-refractivity contribution in [1.29, 1.82) is 0 Å². The Morgan fingerprint density at radius 3 is 2.85 bits per heavy atom. The van der Waals surface area contributed by atoms with E-state index in [2.05, 4.69) is 0 Å². The zero-order chi connectivity index (χ0) is 9.84. The van der Waals surface area contributed by atoms with Gasteiger partial charge in [0, 0.05) is 6.07 Å². The minimum absolute atomic E-state index is 0.264. The summed E-state index contributed by atoms with van der Waals surface area (Å²) in [5.74, 6) is -1.61. The van der Waals surface area contributed by atoms with Crippen LogP contribution in [0.1, 0.15) is 5.56 Å². The molecular formula is C9H10FNO2. The van der Waals surface area contributed by atoms with Gasteiger partial charge in [-0.3, -0.25) is 0 Å². The molecule has 3 nitrogen and oxygen atoms in total. The van der Waals surface area contributed by atoms with Gasteiger partial charge in [0.2, 0.25) is 0 Å². The lowest BCUT2D eigenvalue weighted by Crippen LogP contribution is -2.81. The number of aliphatic carboxylic acids is 1. The molecule has 0 saturated carbocycles. The number of nitrogens with two attached hydrogens (primary N) is 1. The molecule has 0 bridgehead atoms. The molecule has 2 N–H and O–H groups in total. The number of carboxylic acids is 1. The van der Waals surface area contributed by atoms with Crippen molar-refractivity contribution < 1.29 is 19.6 Å². The summed E-state index contributed by atoms with van der Waals surface area (Å²) in [5.41, 5.74) is 1.11. The van der Waals surface area contributed by atoms with E-state index in [0.29, 0.717) is 5.69 Å². The predicted molar refractivity (Wildman–Crippen MR) is 42.6 cm³/mol. The van der Waals surface area contributed by atoms with Gasteiger partial charge >= 0.3 is 0 Å². The molecule has 0 aliphatic carbocycles. The monoisotopic (exact) mass is 183 g/mol. The molecule has 1 aromatic rings. The van der Waals surface area contributed by atoms with E-state index in [9.17, 15) is 14.3 Å². The quantitative estimate of drug-likeness (QED) is 0.616. The third kappa shape index (κ3) is 2.83. The van der Waals surface area contributed by atoms with Gasteiger partial charge in [-0.15, -0.1) is 0 Å². The number of hydrogen-bond donors (Lipinski definition) is 1. The van der Waals surface area contributed by atoms with Gasteiger partial charge in [0.25, 0.3) is 0 Å².